The van der Waals surface area contributed by atoms with E-state index in [2.05, 4.69) is 9.97 Å². The van der Waals surface area contributed by atoms with Crippen LogP contribution in [0, 0.1) is 4.64 Å². The number of hydrogen-bond donors (Lipinski definition) is 5. The quantitative estimate of drug-likeness (QED) is 0.283. The average Bonchev–Trinajstić information content (AvgIpc) is 2.84. The first-order valence-corrected chi connectivity index (χ1v) is 11.1. The summed E-state index contributed by atoms with van der Waals surface area (Å²) in [5.41, 5.74) is 0.430. The van der Waals surface area contributed by atoms with Gasteiger partial charge in [-0.2, -0.15) is 0 Å². The van der Waals surface area contributed by atoms with E-state index in [0.717, 1.165) is 41.2 Å². The molecule has 2 aromatic heterocycles. The van der Waals surface area contributed by atoms with Crippen LogP contribution in [0.5, 0.6) is 0 Å². The van der Waals surface area contributed by atoms with E-state index in [0.29, 0.717) is 9.80 Å². The largest absolute Gasteiger partial charge is 0.394 e. The van der Waals surface area contributed by atoms with E-state index in [4.69, 9.17) is 17.0 Å². The van der Waals surface area contributed by atoms with E-state index in [1.54, 1.807) is 11.3 Å². The number of hydrogen-bond acceptors (Lipinski definition) is 9. The molecule has 0 bridgehead atoms. The molecular weight excluding hydrogens is 408 g/mol. The number of aliphatic hydroxyl groups is 4. The van der Waals surface area contributed by atoms with Gasteiger partial charge in [-0.05, 0) is 31.2 Å². The lowest BCUT2D eigenvalue weighted by molar-refractivity contribution is -0.205. The van der Waals surface area contributed by atoms with Crippen molar-refractivity contribution in [2.75, 3.05) is 6.61 Å². The Morgan fingerprint density at radius 3 is 2.70 bits per heavy atom. The number of aliphatic hydroxyl groups excluding tert-OH is 4. The Morgan fingerprint density at radius 2 is 1.93 bits per heavy atom. The van der Waals surface area contributed by atoms with Gasteiger partial charge in [-0.25, -0.2) is 4.98 Å². The topological polar surface area (TPSA) is 119 Å². The maximum Gasteiger partial charge on any atom is 0.170 e. The zero-order valence-corrected chi connectivity index (χ0v) is 16.9. The Bertz CT molecular complexity index is 883. The molecule has 0 saturated carbocycles. The molecule has 27 heavy (non-hydrogen) atoms. The molecule has 4 rings (SSSR count). The minimum Gasteiger partial charge on any atom is -0.394 e. The third-order valence-corrected chi connectivity index (χ3v) is 7.66. The van der Waals surface area contributed by atoms with E-state index in [-0.39, 0.29) is 0 Å². The number of aryl methyl sites for hydroxylation is 2. The van der Waals surface area contributed by atoms with E-state index < -0.39 is 36.5 Å². The number of thiophene rings is 1. The van der Waals surface area contributed by atoms with Crippen molar-refractivity contribution in [3.05, 3.63) is 15.1 Å². The lowest BCUT2D eigenvalue weighted by Crippen LogP contribution is -2.57. The van der Waals surface area contributed by atoms with Crippen LogP contribution in [0.1, 0.15) is 29.7 Å². The molecular formula is C17H22N2O5S3. The summed E-state index contributed by atoms with van der Waals surface area (Å²) in [7, 11) is 0. The second kappa shape index (κ2) is 8.03. The van der Waals surface area contributed by atoms with Crippen molar-refractivity contribution in [1.29, 1.82) is 0 Å². The maximum atomic E-state index is 10.2. The molecule has 1 aliphatic heterocycles. The molecule has 0 radical (unpaired) electrons. The number of rotatable bonds is 3. The van der Waals surface area contributed by atoms with Gasteiger partial charge < -0.3 is 30.1 Å². The van der Waals surface area contributed by atoms with Crippen molar-refractivity contribution in [3.8, 4) is 0 Å². The Balaban J connectivity index is 1.64. The highest BCUT2D eigenvalue weighted by atomic mass is 32.2. The third kappa shape index (κ3) is 3.69. The molecule has 0 aromatic carbocycles. The molecule has 1 aliphatic carbocycles. The van der Waals surface area contributed by atoms with Gasteiger partial charge in [-0.15, -0.1) is 11.3 Å². The molecule has 1 fully saturated rings. The van der Waals surface area contributed by atoms with Crippen LogP contribution >= 0.6 is 35.3 Å². The van der Waals surface area contributed by atoms with Crippen LogP contribution in [0.2, 0.25) is 0 Å². The maximum absolute atomic E-state index is 10.2. The average molecular weight is 431 g/mol. The Kier molecular flexibility index (Phi) is 5.87. The van der Waals surface area contributed by atoms with Crippen LogP contribution < -0.4 is 0 Å². The van der Waals surface area contributed by atoms with E-state index in [9.17, 15) is 20.4 Å². The van der Waals surface area contributed by atoms with Gasteiger partial charge in [0, 0.05) is 10.3 Å². The van der Waals surface area contributed by atoms with Gasteiger partial charge in [0.15, 0.2) is 5.16 Å². The molecule has 148 valence electrons. The monoisotopic (exact) mass is 430 g/mol. The summed E-state index contributed by atoms with van der Waals surface area (Å²) < 4.78 is 6.16. The fraction of sp³-hybridized carbons (Fsp3) is 0.647. The second-order valence-electron chi connectivity index (χ2n) is 6.93. The van der Waals surface area contributed by atoms with Crippen molar-refractivity contribution in [2.45, 2.75) is 67.1 Å². The highest BCUT2D eigenvalue weighted by Crippen LogP contribution is 2.37. The third-order valence-electron chi connectivity index (χ3n) is 5.13. The number of H-pyrrole nitrogens is 1. The molecule has 5 atom stereocenters. The number of ether oxygens (including phenoxy) is 1. The summed E-state index contributed by atoms with van der Waals surface area (Å²) in [5.74, 6) is 0. The molecule has 0 spiro atoms. The Hall–Kier alpha value is -0.590. The summed E-state index contributed by atoms with van der Waals surface area (Å²) in [6.45, 7) is -0.456. The lowest BCUT2D eigenvalue weighted by atomic mass is 10.0. The summed E-state index contributed by atoms with van der Waals surface area (Å²) in [5, 5.41) is 40.9. The van der Waals surface area contributed by atoms with Crippen LogP contribution in [0.25, 0.3) is 10.2 Å². The number of thioether (sulfide) groups is 1. The number of aromatic amines is 1. The molecule has 0 amide bonds. The molecule has 10 heteroatoms. The van der Waals surface area contributed by atoms with Gasteiger partial charge in [0.1, 0.15) is 39.3 Å². The van der Waals surface area contributed by atoms with Crippen molar-refractivity contribution in [2.24, 2.45) is 0 Å². The van der Waals surface area contributed by atoms with Crippen LogP contribution in [0.15, 0.2) is 5.16 Å². The minimum atomic E-state index is -1.40. The summed E-state index contributed by atoms with van der Waals surface area (Å²) in [4.78, 5) is 9.99. The normalized spacial score (nSPS) is 31.6. The zero-order chi connectivity index (χ0) is 19.1. The summed E-state index contributed by atoms with van der Waals surface area (Å²) in [6.07, 6.45) is 0.628. The van der Waals surface area contributed by atoms with Crippen LogP contribution in [-0.4, -0.2) is 66.9 Å². The van der Waals surface area contributed by atoms with Crippen molar-refractivity contribution in [3.63, 3.8) is 0 Å². The van der Waals surface area contributed by atoms with Gasteiger partial charge in [0.05, 0.1) is 6.61 Å². The van der Waals surface area contributed by atoms with Crippen LogP contribution in [0.4, 0.5) is 0 Å². The second-order valence-corrected chi connectivity index (χ2v) is 9.51. The lowest BCUT2D eigenvalue weighted by Gasteiger charge is -2.39. The van der Waals surface area contributed by atoms with Gasteiger partial charge in [0.25, 0.3) is 0 Å². The first kappa shape index (κ1) is 19.7. The standard InChI is InChI=1S/C17H22N2O5S3/c20-6-8-11(21)12(22)13(23)16(24-8)27-17-18-14(25)10-7-4-2-1-3-5-9(7)26-15(10)19-17/h8,11-13,16,20-23H,1-6H2,(H,18,19,25)/t8-,11+,12+,13-,16+/m1/s1. The van der Waals surface area contributed by atoms with Crippen LogP contribution in [0.3, 0.4) is 0 Å². The molecule has 1 saturated heterocycles. The summed E-state index contributed by atoms with van der Waals surface area (Å²) >= 11 is 8.34. The number of fused-ring (bicyclic) bond motifs is 3. The van der Waals surface area contributed by atoms with Gasteiger partial charge >= 0.3 is 0 Å². The van der Waals surface area contributed by atoms with E-state index in [1.165, 1.54) is 23.3 Å². The molecule has 2 aromatic rings. The number of aromatic nitrogens is 2. The first-order valence-electron chi connectivity index (χ1n) is 9.01. The van der Waals surface area contributed by atoms with Crippen molar-refractivity contribution < 1.29 is 25.2 Å². The molecule has 5 N–H and O–H groups in total. The molecule has 7 nitrogen and oxygen atoms in total. The van der Waals surface area contributed by atoms with Crippen LogP contribution in [-0.2, 0) is 17.6 Å². The predicted molar refractivity (Wildman–Crippen MR) is 106 cm³/mol. The Morgan fingerprint density at radius 1 is 1.15 bits per heavy atom. The highest BCUT2D eigenvalue weighted by molar-refractivity contribution is 7.99. The van der Waals surface area contributed by atoms with Crippen molar-refractivity contribution >= 4 is 45.5 Å². The predicted octanol–water partition coefficient (Wildman–Crippen LogP) is 1.51. The fourth-order valence-corrected chi connectivity index (χ4v) is 6.45. The highest BCUT2D eigenvalue weighted by Gasteiger charge is 2.44. The van der Waals surface area contributed by atoms with E-state index >= 15 is 0 Å². The summed E-state index contributed by atoms with van der Waals surface area (Å²) in [6, 6.07) is 0. The molecule has 0 unspecified atom stereocenters. The van der Waals surface area contributed by atoms with Crippen molar-refractivity contribution in [1.82, 2.24) is 9.97 Å². The first-order chi connectivity index (χ1) is 13.0. The molecule has 2 aliphatic rings. The number of nitrogens with one attached hydrogen (secondary N) is 1. The van der Waals surface area contributed by atoms with E-state index in [1.807, 2.05) is 0 Å². The zero-order valence-electron chi connectivity index (χ0n) is 14.5. The minimum absolute atomic E-state index is 0.456. The fourth-order valence-electron chi connectivity index (χ4n) is 3.65. The van der Waals surface area contributed by atoms with Gasteiger partial charge in [-0.3, -0.25) is 0 Å². The molecule has 3 heterocycles. The Labute approximate surface area is 169 Å². The smallest absolute Gasteiger partial charge is 0.170 e. The van der Waals surface area contributed by atoms with Gasteiger partial charge in [-0.1, -0.05) is 30.4 Å². The SMILES string of the molecule is OC[C@H]1O[C@@H](Sc2nc3sc4c(c3c(=S)[nH]2)CCCCC4)[C@H](O)[C@@H](O)[C@H]1O. The van der Waals surface area contributed by atoms with Gasteiger partial charge in [0.2, 0.25) is 0 Å². The number of nitrogens with zero attached hydrogens (tertiary/aromatic N) is 1.